The third-order valence-electron chi connectivity index (χ3n) is 2.67. The number of carbonyl (C=O) groups excluding carboxylic acids is 1. The van der Waals surface area contributed by atoms with Crippen molar-refractivity contribution >= 4 is 5.91 Å². The van der Waals surface area contributed by atoms with Crippen molar-refractivity contribution in [2.24, 2.45) is 5.73 Å². The van der Waals surface area contributed by atoms with E-state index in [-0.39, 0.29) is 11.9 Å². The van der Waals surface area contributed by atoms with Crippen LogP contribution in [0.2, 0.25) is 0 Å². The minimum absolute atomic E-state index is 0.259. The number of nitrogens with two attached hydrogens (primary N) is 1. The van der Waals surface area contributed by atoms with Crippen LogP contribution >= 0.6 is 0 Å². The molecule has 3 N–H and O–H groups in total. The third-order valence-corrected chi connectivity index (χ3v) is 2.67. The molecule has 0 bridgehead atoms. The van der Waals surface area contributed by atoms with Crippen LogP contribution in [0.5, 0.6) is 0 Å². The van der Waals surface area contributed by atoms with Crippen molar-refractivity contribution < 1.29 is 4.79 Å². The molecule has 0 spiro atoms. The molecule has 2 atom stereocenters. The van der Waals surface area contributed by atoms with E-state index in [2.05, 4.69) is 24.4 Å². The second kappa shape index (κ2) is 6.28. The van der Waals surface area contributed by atoms with E-state index >= 15 is 0 Å². The molecule has 1 amide bonds. The Morgan fingerprint density at radius 1 is 1.31 bits per heavy atom. The van der Waals surface area contributed by atoms with E-state index < -0.39 is 0 Å². The zero-order valence-electron chi connectivity index (χ0n) is 9.94. The first kappa shape index (κ1) is 12.7. The molecule has 3 heteroatoms. The number of carbonyl (C=O) groups is 1. The van der Waals surface area contributed by atoms with Crippen LogP contribution in [0.3, 0.4) is 0 Å². The fraction of sp³-hybridized carbons (Fsp3) is 0.462. The predicted molar refractivity (Wildman–Crippen MR) is 66.0 cm³/mol. The lowest BCUT2D eigenvalue weighted by Crippen LogP contribution is -2.43. The number of nitrogens with one attached hydrogen (secondary N) is 1. The molecule has 0 aromatic heterocycles. The number of primary amides is 1. The highest BCUT2D eigenvalue weighted by Crippen LogP contribution is 2.05. The van der Waals surface area contributed by atoms with Crippen LogP contribution in [0.15, 0.2) is 30.3 Å². The SMILES string of the molecule is CC(CCc1ccccc1)NC(C)C(N)=O. The molecule has 1 rings (SSSR count). The van der Waals surface area contributed by atoms with Crippen LogP contribution < -0.4 is 11.1 Å². The van der Waals surface area contributed by atoms with Gasteiger partial charge in [0.15, 0.2) is 0 Å². The van der Waals surface area contributed by atoms with Gasteiger partial charge >= 0.3 is 0 Å². The first-order valence-electron chi connectivity index (χ1n) is 5.69. The monoisotopic (exact) mass is 220 g/mol. The number of amides is 1. The standard InChI is InChI=1S/C13H20N2O/c1-10(15-11(2)13(14)16)8-9-12-6-4-3-5-7-12/h3-7,10-11,15H,8-9H2,1-2H3,(H2,14,16). The molecule has 0 aliphatic carbocycles. The fourth-order valence-electron chi connectivity index (χ4n) is 1.62. The number of aryl methyl sites for hydroxylation is 1. The molecule has 0 fully saturated rings. The van der Waals surface area contributed by atoms with Gasteiger partial charge in [0.05, 0.1) is 6.04 Å². The van der Waals surface area contributed by atoms with Crippen LogP contribution in [0, 0.1) is 0 Å². The Labute approximate surface area is 97.0 Å². The first-order chi connectivity index (χ1) is 7.59. The van der Waals surface area contributed by atoms with Crippen LogP contribution in [0.1, 0.15) is 25.8 Å². The van der Waals surface area contributed by atoms with Gasteiger partial charge in [0.25, 0.3) is 0 Å². The van der Waals surface area contributed by atoms with Crippen molar-refractivity contribution in [3.8, 4) is 0 Å². The van der Waals surface area contributed by atoms with Crippen molar-refractivity contribution in [3.63, 3.8) is 0 Å². The largest absolute Gasteiger partial charge is 0.368 e. The first-order valence-corrected chi connectivity index (χ1v) is 5.69. The second-order valence-electron chi connectivity index (χ2n) is 4.22. The molecule has 0 saturated heterocycles. The summed E-state index contributed by atoms with van der Waals surface area (Å²) in [6.07, 6.45) is 2.02. The quantitative estimate of drug-likeness (QED) is 0.762. The maximum atomic E-state index is 10.9. The van der Waals surface area contributed by atoms with Crippen LogP contribution in [-0.4, -0.2) is 18.0 Å². The van der Waals surface area contributed by atoms with Gasteiger partial charge in [0, 0.05) is 6.04 Å². The van der Waals surface area contributed by atoms with Gasteiger partial charge in [-0.1, -0.05) is 30.3 Å². The Morgan fingerprint density at radius 3 is 2.50 bits per heavy atom. The fourth-order valence-corrected chi connectivity index (χ4v) is 1.62. The van der Waals surface area contributed by atoms with Gasteiger partial charge < -0.3 is 11.1 Å². The molecule has 0 aliphatic heterocycles. The summed E-state index contributed by atoms with van der Waals surface area (Å²) >= 11 is 0. The summed E-state index contributed by atoms with van der Waals surface area (Å²) in [5.41, 5.74) is 6.51. The summed E-state index contributed by atoms with van der Waals surface area (Å²) in [6, 6.07) is 10.4. The summed E-state index contributed by atoms with van der Waals surface area (Å²) in [5, 5.41) is 3.17. The van der Waals surface area contributed by atoms with Crippen LogP contribution in [0.25, 0.3) is 0 Å². The molecule has 0 heterocycles. The lowest BCUT2D eigenvalue weighted by Gasteiger charge is -2.17. The number of hydrogen-bond acceptors (Lipinski definition) is 2. The van der Waals surface area contributed by atoms with Gasteiger partial charge in [0.1, 0.15) is 0 Å². The Balaban J connectivity index is 2.30. The van der Waals surface area contributed by atoms with E-state index in [1.165, 1.54) is 5.56 Å². The second-order valence-corrected chi connectivity index (χ2v) is 4.22. The molecule has 16 heavy (non-hydrogen) atoms. The Bertz CT molecular complexity index is 324. The van der Waals surface area contributed by atoms with E-state index in [1.807, 2.05) is 18.2 Å². The van der Waals surface area contributed by atoms with Crippen LogP contribution in [-0.2, 0) is 11.2 Å². The molecular weight excluding hydrogens is 200 g/mol. The number of benzene rings is 1. The van der Waals surface area contributed by atoms with Crippen molar-refractivity contribution in [1.82, 2.24) is 5.32 Å². The molecule has 3 nitrogen and oxygen atoms in total. The summed E-state index contributed by atoms with van der Waals surface area (Å²) in [7, 11) is 0. The zero-order chi connectivity index (χ0) is 12.0. The highest BCUT2D eigenvalue weighted by molar-refractivity contribution is 5.79. The maximum absolute atomic E-state index is 10.9. The molecule has 0 saturated carbocycles. The maximum Gasteiger partial charge on any atom is 0.234 e. The van der Waals surface area contributed by atoms with E-state index in [0.717, 1.165) is 12.8 Å². The summed E-state index contributed by atoms with van der Waals surface area (Å²) in [6.45, 7) is 3.86. The van der Waals surface area contributed by atoms with Gasteiger partial charge in [-0.15, -0.1) is 0 Å². The van der Waals surface area contributed by atoms with Crippen molar-refractivity contribution in [3.05, 3.63) is 35.9 Å². The van der Waals surface area contributed by atoms with E-state index in [9.17, 15) is 4.79 Å². The van der Waals surface area contributed by atoms with Gasteiger partial charge in [-0.25, -0.2) is 0 Å². The third kappa shape index (κ3) is 4.45. The highest BCUT2D eigenvalue weighted by Gasteiger charge is 2.11. The number of hydrogen-bond donors (Lipinski definition) is 2. The van der Waals surface area contributed by atoms with Gasteiger partial charge in [0.2, 0.25) is 5.91 Å². The molecule has 1 aromatic rings. The average molecular weight is 220 g/mol. The molecule has 0 aliphatic rings. The van der Waals surface area contributed by atoms with Crippen LogP contribution in [0.4, 0.5) is 0 Å². The Kier molecular flexibility index (Phi) is 4.99. The Hall–Kier alpha value is -1.35. The lowest BCUT2D eigenvalue weighted by molar-refractivity contribution is -0.119. The number of rotatable bonds is 6. The summed E-state index contributed by atoms with van der Waals surface area (Å²) in [5.74, 6) is -0.299. The van der Waals surface area contributed by atoms with Crippen molar-refractivity contribution in [2.45, 2.75) is 38.8 Å². The zero-order valence-corrected chi connectivity index (χ0v) is 9.94. The molecule has 1 aromatic carbocycles. The Morgan fingerprint density at radius 2 is 1.94 bits per heavy atom. The minimum Gasteiger partial charge on any atom is -0.368 e. The van der Waals surface area contributed by atoms with Gasteiger partial charge in [-0.3, -0.25) is 4.79 Å². The molecule has 0 radical (unpaired) electrons. The van der Waals surface area contributed by atoms with Gasteiger partial charge in [-0.2, -0.15) is 0 Å². The molecular formula is C13H20N2O. The normalized spacial score (nSPS) is 14.4. The van der Waals surface area contributed by atoms with E-state index in [0.29, 0.717) is 6.04 Å². The van der Waals surface area contributed by atoms with E-state index in [4.69, 9.17) is 5.73 Å². The highest BCUT2D eigenvalue weighted by atomic mass is 16.1. The average Bonchev–Trinajstić information content (AvgIpc) is 2.27. The van der Waals surface area contributed by atoms with E-state index in [1.54, 1.807) is 6.92 Å². The van der Waals surface area contributed by atoms with Crippen molar-refractivity contribution in [1.29, 1.82) is 0 Å². The smallest absolute Gasteiger partial charge is 0.234 e. The molecule has 2 unspecified atom stereocenters. The summed E-state index contributed by atoms with van der Waals surface area (Å²) < 4.78 is 0. The lowest BCUT2D eigenvalue weighted by atomic mass is 10.1. The van der Waals surface area contributed by atoms with Crippen molar-refractivity contribution in [2.75, 3.05) is 0 Å². The topological polar surface area (TPSA) is 55.1 Å². The summed E-state index contributed by atoms with van der Waals surface area (Å²) in [4.78, 5) is 10.9. The minimum atomic E-state index is -0.299. The van der Waals surface area contributed by atoms with Gasteiger partial charge in [-0.05, 0) is 32.3 Å². The molecule has 88 valence electrons. The predicted octanol–water partition coefficient (Wildman–Crippen LogP) is 1.47.